The maximum absolute atomic E-state index is 13.0. The summed E-state index contributed by atoms with van der Waals surface area (Å²) in [6.07, 6.45) is 3.55. The van der Waals surface area contributed by atoms with Gasteiger partial charge >= 0.3 is 5.97 Å². The number of amides is 1. The fourth-order valence-corrected chi connectivity index (χ4v) is 4.99. The first-order valence-electron chi connectivity index (χ1n) is 12.1. The highest BCUT2D eigenvalue weighted by molar-refractivity contribution is 5.93. The molecule has 2 fully saturated rings. The average Bonchev–Trinajstić information content (AvgIpc) is 3.62. The highest BCUT2D eigenvalue weighted by atomic mass is 16.5. The second kappa shape index (κ2) is 10.7. The van der Waals surface area contributed by atoms with E-state index in [1.165, 1.54) is 13.2 Å². The Kier molecular flexibility index (Phi) is 7.70. The maximum atomic E-state index is 13.0. The summed E-state index contributed by atoms with van der Waals surface area (Å²) in [7, 11) is 1.33. The molecule has 1 aromatic heterocycles. The van der Waals surface area contributed by atoms with E-state index in [1.807, 2.05) is 4.90 Å². The van der Waals surface area contributed by atoms with Gasteiger partial charge in [0.2, 0.25) is 5.91 Å². The van der Waals surface area contributed by atoms with E-state index in [2.05, 4.69) is 11.8 Å². The van der Waals surface area contributed by atoms with Gasteiger partial charge in [0.15, 0.2) is 0 Å². The predicted octanol–water partition coefficient (Wildman–Crippen LogP) is 1.17. The zero-order chi connectivity index (χ0) is 23.4. The lowest BCUT2D eigenvalue weighted by molar-refractivity contribution is -0.132. The summed E-state index contributed by atoms with van der Waals surface area (Å²) in [4.78, 5) is 42.7. The van der Waals surface area contributed by atoms with Crippen LogP contribution in [0.3, 0.4) is 0 Å². The highest BCUT2D eigenvalue weighted by Crippen LogP contribution is 2.43. The Morgan fingerprint density at radius 2 is 1.94 bits per heavy atom. The van der Waals surface area contributed by atoms with E-state index in [1.54, 1.807) is 4.57 Å². The standard InChI is InChI=1S/C24H35N3O6/c1-3-4-17-15-18(17)23(29)26-6-5-19-22(24(30)31-2)20(16-21(28)27(19)8-7-26)33-14-11-25-9-12-32-13-10-25/h16-18H,3-15H2,1-2H3/t17-,18+/m0/s1. The van der Waals surface area contributed by atoms with Crippen LogP contribution in [-0.2, 0) is 27.2 Å². The highest BCUT2D eigenvalue weighted by Gasteiger charge is 2.44. The molecule has 0 bridgehead atoms. The number of ether oxygens (including phenoxy) is 3. The van der Waals surface area contributed by atoms with Crippen molar-refractivity contribution in [3.05, 3.63) is 27.7 Å². The molecule has 182 valence electrons. The first kappa shape index (κ1) is 23.8. The van der Waals surface area contributed by atoms with Crippen molar-refractivity contribution in [2.24, 2.45) is 11.8 Å². The van der Waals surface area contributed by atoms with Gasteiger partial charge in [0.25, 0.3) is 5.56 Å². The van der Waals surface area contributed by atoms with Gasteiger partial charge in [0, 0.05) is 63.4 Å². The molecule has 3 aliphatic rings. The number of hydrogen-bond donors (Lipinski definition) is 0. The van der Waals surface area contributed by atoms with Crippen molar-refractivity contribution in [1.82, 2.24) is 14.4 Å². The van der Waals surface area contributed by atoms with Gasteiger partial charge in [0.05, 0.1) is 20.3 Å². The Labute approximate surface area is 194 Å². The van der Waals surface area contributed by atoms with Crippen LogP contribution < -0.4 is 10.3 Å². The molecule has 0 aromatic carbocycles. The molecule has 2 aliphatic heterocycles. The van der Waals surface area contributed by atoms with Crippen LogP contribution in [0.1, 0.15) is 42.2 Å². The third-order valence-corrected chi connectivity index (χ3v) is 6.96. The van der Waals surface area contributed by atoms with Gasteiger partial charge in [-0.05, 0) is 18.8 Å². The third-order valence-electron chi connectivity index (χ3n) is 6.96. The van der Waals surface area contributed by atoms with E-state index in [-0.39, 0.29) is 23.1 Å². The normalized spacial score (nSPS) is 22.9. The number of nitrogens with zero attached hydrogens (tertiary/aromatic N) is 3. The second-order valence-corrected chi connectivity index (χ2v) is 9.08. The molecule has 3 heterocycles. The summed E-state index contributed by atoms with van der Waals surface area (Å²) in [6, 6.07) is 1.38. The molecule has 0 unspecified atom stereocenters. The van der Waals surface area contributed by atoms with Crippen LogP contribution in [0.5, 0.6) is 5.75 Å². The zero-order valence-electron chi connectivity index (χ0n) is 19.7. The minimum Gasteiger partial charge on any atom is -0.491 e. The molecule has 1 saturated carbocycles. The van der Waals surface area contributed by atoms with Gasteiger partial charge in [-0.25, -0.2) is 4.79 Å². The summed E-state index contributed by atoms with van der Waals surface area (Å²) in [5.41, 5.74) is 0.666. The molecular weight excluding hydrogens is 426 g/mol. The lowest BCUT2D eigenvalue weighted by Crippen LogP contribution is -2.38. The van der Waals surface area contributed by atoms with Crippen LogP contribution in [0.4, 0.5) is 0 Å². The Balaban J connectivity index is 1.49. The first-order valence-corrected chi connectivity index (χ1v) is 12.1. The molecular formula is C24H35N3O6. The van der Waals surface area contributed by atoms with Crippen molar-refractivity contribution in [3.8, 4) is 5.75 Å². The van der Waals surface area contributed by atoms with Crippen molar-refractivity contribution in [1.29, 1.82) is 0 Å². The number of pyridine rings is 1. The molecule has 33 heavy (non-hydrogen) atoms. The van der Waals surface area contributed by atoms with Gasteiger partial charge in [-0.3, -0.25) is 14.5 Å². The van der Waals surface area contributed by atoms with E-state index in [9.17, 15) is 14.4 Å². The van der Waals surface area contributed by atoms with E-state index in [0.717, 1.165) is 32.4 Å². The van der Waals surface area contributed by atoms with Crippen LogP contribution in [0.15, 0.2) is 10.9 Å². The molecule has 0 radical (unpaired) electrons. The lowest BCUT2D eigenvalue weighted by atomic mass is 10.1. The minimum atomic E-state index is -0.523. The van der Waals surface area contributed by atoms with E-state index in [4.69, 9.17) is 14.2 Å². The molecule has 1 amide bonds. The average molecular weight is 462 g/mol. The number of esters is 1. The number of morpholine rings is 1. The minimum absolute atomic E-state index is 0.113. The predicted molar refractivity (Wildman–Crippen MR) is 122 cm³/mol. The summed E-state index contributed by atoms with van der Waals surface area (Å²) in [5, 5.41) is 0. The SMILES string of the molecule is CCC[C@H]1C[C@H]1C(=O)N1CCc2c(C(=O)OC)c(OCCN3CCOCC3)cc(=O)n2CC1. The largest absolute Gasteiger partial charge is 0.491 e. The lowest BCUT2D eigenvalue weighted by Gasteiger charge is -2.26. The fourth-order valence-electron chi connectivity index (χ4n) is 4.99. The van der Waals surface area contributed by atoms with Crippen molar-refractivity contribution in [2.75, 3.05) is 59.7 Å². The number of carbonyl (C=O) groups is 2. The maximum Gasteiger partial charge on any atom is 0.343 e. The van der Waals surface area contributed by atoms with Gasteiger partial charge in [-0.15, -0.1) is 0 Å². The molecule has 1 saturated heterocycles. The van der Waals surface area contributed by atoms with Gasteiger partial charge < -0.3 is 23.7 Å². The molecule has 0 N–H and O–H groups in total. The zero-order valence-corrected chi connectivity index (χ0v) is 19.7. The summed E-state index contributed by atoms with van der Waals surface area (Å²) in [6.45, 7) is 7.57. The quantitative estimate of drug-likeness (QED) is 0.537. The number of carbonyl (C=O) groups excluding carboxylic acids is 2. The molecule has 9 heteroatoms. The first-order chi connectivity index (χ1) is 16.0. The second-order valence-electron chi connectivity index (χ2n) is 9.08. The molecule has 0 spiro atoms. The molecule has 9 nitrogen and oxygen atoms in total. The van der Waals surface area contributed by atoms with Crippen molar-refractivity contribution in [3.63, 3.8) is 0 Å². The molecule has 1 aromatic rings. The Bertz CT molecular complexity index is 924. The van der Waals surface area contributed by atoms with Crippen LogP contribution in [0.25, 0.3) is 0 Å². The van der Waals surface area contributed by atoms with Crippen molar-refractivity contribution < 1.29 is 23.8 Å². The smallest absolute Gasteiger partial charge is 0.343 e. The van der Waals surface area contributed by atoms with Crippen molar-refractivity contribution in [2.45, 2.75) is 39.2 Å². The van der Waals surface area contributed by atoms with Gasteiger partial charge in [-0.1, -0.05) is 13.3 Å². The third kappa shape index (κ3) is 5.41. The number of methoxy groups -OCH3 is 1. The van der Waals surface area contributed by atoms with Crippen LogP contribution >= 0.6 is 0 Å². The Morgan fingerprint density at radius 3 is 2.67 bits per heavy atom. The Morgan fingerprint density at radius 1 is 1.15 bits per heavy atom. The van der Waals surface area contributed by atoms with E-state index in [0.29, 0.717) is 69.6 Å². The molecule has 2 atom stereocenters. The van der Waals surface area contributed by atoms with E-state index < -0.39 is 5.97 Å². The van der Waals surface area contributed by atoms with Crippen LogP contribution in [0, 0.1) is 11.8 Å². The van der Waals surface area contributed by atoms with Gasteiger partial charge in [-0.2, -0.15) is 0 Å². The summed E-state index contributed by atoms with van der Waals surface area (Å²) < 4.78 is 17.9. The van der Waals surface area contributed by atoms with E-state index >= 15 is 0 Å². The van der Waals surface area contributed by atoms with Crippen molar-refractivity contribution >= 4 is 11.9 Å². The number of hydrogen-bond acceptors (Lipinski definition) is 7. The van der Waals surface area contributed by atoms with Gasteiger partial charge in [0.1, 0.15) is 17.9 Å². The topological polar surface area (TPSA) is 90.3 Å². The molecule has 1 aliphatic carbocycles. The fraction of sp³-hybridized carbons (Fsp3) is 0.708. The number of rotatable bonds is 8. The Hall–Kier alpha value is -2.39. The summed E-state index contributed by atoms with van der Waals surface area (Å²) in [5.74, 6) is 0.521. The van der Waals surface area contributed by atoms with Crippen LogP contribution in [0.2, 0.25) is 0 Å². The number of aromatic nitrogens is 1. The monoisotopic (exact) mass is 461 g/mol. The molecule has 4 rings (SSSR count). The van der Waals surface area contributed by atoms with Crippen LogP contribution in [-0.4, -0.2) is 85.9 Å². The number of fused-ring (bicyclic) bond motifs is 1. The summed E-state index contributed by atoms with van der Waals surface area (Å²) >= 11 is 0.